The third-order valence-electron chi connectivity index (χ3n) is 5.82. The Labute approximate surface area is 126 Å². The van der Waals surface area contributed by atoms with Gasteiger partial charge in [0.1, 0.15) is 23.9 Å². The van der Waals surface area contributed by atoms with Crippen molar-refractivity contribution in [1.29, 1.82) is 0 Å². The van der Waals surface area contributed by atoms with E-state index in [2.05, 4.69) is 54.6 Å². The van der Waals surface area contributed by atoms with Gasteiger partial charge in [0, 0.05) is 5.56 Å². The Morgan fingerprint density at radius 3 is 2.77 bits per heavy atom. The minimum Gasteiger partial charge on any atom is -0.361 e. The highest BCUT2D eigenvalue weighted by atomic mass is 16.7. The van der Waals surface area contributed by atoms with Gasteiger partial charge >= 0.3 is 0 Å². The third kappa shape index (κ3) is 0.928. The molecular formula is C20H12O2. The van der Waals surface area contributed by atoms with Gasteiger partial charge in [0.05, 0.1) is 0 Å². The first-order valence-corrected chi connectivity index (χ1v) is 7.89. The van der Waals surface area contributed by atoms with Gasteiger partial charge in [0.15, 0.2) is 0 Å². The zero-order valence-corrected chi connectivity index (χ0v) is 11.7. The Hall–Kier alpha value is -2.16. The number of hydrogen-bond donors (Lipinski definition) is 0. The lowest BCUT2D eigenvalue weighted by Crippen LogP contribution is -2.31. The maximum absolute atomic E-state index is 6.16. The average Bonchev–Trinajstić information content (AvgIpc) is 3.43. The van der Waals surface area contributed by atoms with Crippen LogP contribution in [0.25, 0.3) is 27.6 Å². The minimum absolute atomic E-state index is 0.215. The van der Waals surface area contributed by atoms with Crippen molar-refractivity contribution in [2.24, 2.45) is 0 Å². The molecule has 0 bridgehead atoms. The highest BCUT2D eigenvalue weighted by Crippen LogP contribution is 2.65. The molecule has 104 valence electrons. The molecule has 4 unspecified atom stereocenters. The molecular weight excluding hydrogens is 272 g/mol. The van der Waals surface area contributed by atoms with Gasteiger partial charge in [-0.2, -0.15) is 0 Å². The molecule has 1 spiro atoms. The lowest BCUT2D eigenvalue weighted by atomic mass is 9.76. The van der Waals surface area contributed by atoms with Crippen LogP contribution in [0.1, 0.15) is 17.2 Å². The fourth-order valence-corrected chi connectivity index (χ4v) is 4.87. The summed E-state index contributed by atoms with van der Waals surface area (Å²) in [6, 6.07) is 13.2. The van der Waals surface area contributed by atoms with Gasteiger partial charge in [-0.15, -0.1) is 0 Å². The van der Waals surface area contributed by atoms with Crippen LogP contribution < -0.4 is 5.22 Å². The first kappa shape index (κ1) is 10.5. The Morgan fingerprint density at radius 2 is 1.86 bits per heavy atom. The highest BCUT2D eigenvalue weighted by Gasteiger charge is 2.72. The van der Waals surface area contributed by atoms with Gasteiger partial charge < -0.3 is 9.47 Å². The second-order valence-electron chi connectivity index (χ2n) is 6.79. The van der Waals surface area contributed by atoms with E-state index in [0.717, 1.165) is 0 Å². The molecule has 3 aromatic carbocycles. The summed E-state index contributed by atoms with van der Waals surface area (Å²) in [4.78, 5) is 0. The normalized spacial score (nSPS) is 35.7. The molecule has 4 aliphatic rings. The molecule has 0 N–H and O–H groups in total. The molecule has 0 aromatic heterocycles. The van der Waals surface area contributed by atoms with Gasteiger partial charge in [0.25, 0.3) is 0 Å². The van der Waals surface area contributed by atoms with Crippen molar-refractivity contribution in [2.75, 3.05) is 0 Å². The topological polar surface area (TPSA) is 25.1 Å². The van der Waals surface area contributed by atoms with E-state index >= 15 is 0 Å². The molecule has 2 aliphatic heterocycles. The predicted octanol–water partition coefficient (Wildman–Crippen LogP) is 3.11. The van der Waals surface area contributed by atoms with Gasteiger partial charge in [-0.25, -0.2) is 0 Å². The van der Waals surface area contributed by atoms with Crippen LogP contribution in [0.4, 0.5) is 0 Å². The molecule has 2 heterocycles. The highest BCUT2D eigenvalue weighted by molar-refractivity contribution is 6.12. The number of rotatable bonds is 0. The van der Waals surface area contributed by atoms with E-state index in [1.54, 1.807) is 0 Å². The van der Waals surface area contributed by atoms with Crippen molar-refractivity contribution in [3.63, 3.8) is 0 Å². The number of ether oxygens (including phenoxy) is 2. The van der Waals surface area contributed by atoms with Gasteiger partial charge in [-0.05, 0) is 38.4 Å². The largest absolute Gasteiger partial charge is 0.361 e. The summed E-state index contributed by atoms with van der Waals surface area (Å²) in [6.45, 7) is 0. The maximum atomic E-state index is 6.16. The van der Waals surface area contributed by atoms with Gasteiger partial charge in [-0.3, -0.25) is 0 Å². The summed E-state index contributed by atoms with van der Waals surface area (Å²) in [6.07, 6.45) is 7.33. The minimum atomic E-state index is -0.215. The Bertz CT molecular complexity index is 1100. The van der Waals surface area contributed by atoms with E-state index in [1.165, 1.54) is 37.9 Å². The molecule has 4 atom stereocenters. The molecule has 3 aromatic rings. The van der Waals surface area contributed by atoms with Crippen molar-refractivity contribution in [2.45, 2.75) is 23.9 Å². The number of benzene rings is 3. The van der Waals surface area contributed by atoms with Crippen LogP contribution in [0.2, 0.25) is 0 Å². The lowest BCUT2D eigenvalue weighted by Gasteiger charge is -2.23. The fraction of sp³-hybridized carbons (Fsp3) is 0.200. The molecule has 2 saturated heterocycles. The van der Waals surface area contributed by atoms with Crippen LogP contribution in [0.15, 0.2) is 48.6 Å². The van der Waals surface area contributed by atoms with Gasteiger partial charge in [0.2, 0.25) is 0 Å². The van der Waals surface area contributed by atoms with Gasteiger partial charge in [-0.1, -0.05) is 48.6 Å². The van der Waals surface area contributed by atoms with Crippen molar-refractivity contribution in [3.05, 3.63) is 64.9 Å². The van der Waals surface area contributed by atoms with E-state index in [-0.39, 0.29) is 23.9 Å². The van der Waals surface area contributed by atoms with Crippen molar-refractivity contribution in [1.82, 2.24) is 0 Å². The number of fused-ring (bicyclic) bond motifs is 5. The van der Waals surface area contributed by atoms with E-state index in [4.69, 9.17) is 9.47 Å². The Kier molecular flexibility index (Phi) is 1.43. The molecule has 2 aliphatic carbocycles. The average molecular weight is 284 g/mol. The summed E-state index contributed by atoms with van der Waals surface area (Å²) in [7, 11) is 0. The molecule has 0 saturated carbocycles. The predicted molar refractivity (Wildman–Crippen MR) is 84.4 cm³/mol. The summed E-state index contributed by atoms with van der Waals surface area (Å²) < 4.78 is 12.2. The molecule has 2 nitrogen and oxygen atoms in total. The van der Waals surface area contributed by atoms with E-state index < -0.39 is 0 Å². The Morgan fingerprint density at radius 1 is 1.00 bits per heavy atom. The molecule has 7 rings (SSSR count). The SMILES string of the molecule is C1=CC23OC2C2OC2c2c3c(c3cccc4cccc2c43)=C1. The fourth-order valence-electron chi connectivity index (χ4n) is 4.87. The monoisotopic (exact) mass is 284 g/mol. The van der Waals surface area contributed by atoms with Crippen LogP contribution in [-0.2, 0) is 15.1 Å². The third-order valence-corrected chi connectivity index (χ3v) is 5.82. The van der Waals surface area contributed by atoms with Crippen LogP contribution in [0, 0.1) is 0 Å². The number of hydrogen-bond acceptors (Lipinski definition) is 2. The quantitative estimate of drug-likeness (QED) is 0.593. The van der Waals surface area contributed by atoms with Crippen LogP contribution in [-0.4, -0.2) is 12.2 Å². The number of epoxide rings is 2. The first-order chi connectivity index (χ1) is 10.9. The van der Waals surface area contributed by atoms with Crippen LogP contribution >= 0.6 is 0 Å². The summed E-state index contributed by atoms with van der Waals surface area (Å²) in [5.74, 6) is 0. The molecule has 22 heavy (non-hydrogen) atoms. The summed E-state index contributed by atoms with van der Waals surface area (Å²) in [5.41, 5.74) is 2.52. The van der Waals surface area contributed by atoms with Crippen LogP contribution in [0.3, 0.4) is 0 Å². The Balaban J connectivity index is 1.85. The van der Waals surface area contributed by atoms with Crippen LogP contribution in [0.5, 0.6) is 0 Å². The second kappa shape index (κ2) is 2.98. The smallest absolute Gasteiger partial charge is 0.142 e. The first-order valence-electron chi connectivity index (χ1n) is 7.89. The van der Waals surface area contributed by atoms with Crippen molar-refractivity contribution < 1.29 is 9.47 Å². The molecule has 2 heteroatoms. The van der Waals surface area contributed by atoms with E-state index in [0.29, 0.717) is 0 Å². The van der Waals surface area contributed by atoms with Crippen molar-refractivity contribution >= 4 is 27.6 Å². The zero-order chi connectivity index (χ0) is 14.1. The second-order valence-corrected chi connectivity index (χ2v) is 6.79. The van der Waals surface area contributed by atoms with E-state index in [1.807, 2.05) is 0 Å². The standard InChI is InChI=1S/C20H12O2/c1-4-10-5-2-7-13-14(10)11(6-1)12-8-3-9-20-16(12)15(13)17-18(21-17)19(20)22-20/h1-9,17-19H. The van der Waals surface area contributed by atoms with E-state index in [9.17, 15) is 0 Å². The maximum Gasteiger partial charge on any atom is 0.142 e. The molecule has 2 fully saturated rings. The zero-order valence-electron chi connectivity index (χ0n) is 11.7. The summed E-state index contributed by atoms with van der Waals surface area (Å²) in [5, 5.41) is 6.69. The summed E-state index contributed by atoms with van der Waals surface area (Å²) >= 11 is 0. The number of allylic oxidation sites excluding steroid dienone is 1. The van der Waals surface area contributed by atoms with Crippen molar-refractivity contribution in [3.8, 4) is 0 Å². The molecule has 0 amide bonds. The lowest BCUT2D eigenvalue weighted by molar-refractivity contribution is 0.290. The molecule has 0 radical (unpaired) electrons.